The Morgan fingerprint density at radius 1 is 1.67 bits per heavy atom. The summed E-state index contributed by atoms with van der Waals surface area (Å²) in [6, 6.07) is -0.0114. The van der Waals surface area contributed by atoms with Gasteiger partial charge in [0.2, 0.25) is 0 Å². The molecular weight excluding hydrogens is 152 g/mol. The Hall–Kier alpha value is -0.960. The standard InChI is InChI=1S/C9H14N2O/c1-2-9(12)11-8-6-4-3-5-7(8)10/h2,7H,1,3-6,10H2/b11-8-/t7-/m1/s1. The van der Waals surface area contributed by atoms with Gasteiger partial charge in [0, 0.05) is 11.8 Å². The Bertz CT molecular complexity index is 221. The normalized spacial score (nSPS) is 27.1. The van der Waals surface area contributed by atoms with Crippen LogP contribution < -0.4 is 5.73 Å². The molecule has 0 aromatic heterocycles. The molecule has 3 heteroatoms. The van der Waals surface area contributed by atoms with Crippen molar-refractivity contribution in [3.8, 4) is 0 Å². The summed E-state index contributed by atoms with van der Waals surface area (Å²) in [6.07, 6.45) is 5.26. The predicted octanol–water partition coefficient (Wildman–Crippen LogP) is 1.04. The molecular formula is C9H14N2O. The van der Waals surface area contributed by atoms with Gasteiger partial charge in [0.15, 0.2) is 0 Å². The number of carbonyl (C=O) groups excluding carboxylic acids is 1. The second kappa shape index (κ2) is 4.16. The number of rotatable bonds is 1. The maximum atomic E-state index is 10.9. The molecule has 0 radical (unpaired) electrons. The van der Waals surface area contributed by atoms with Crippen molar-refractivity contribution < 1.29 is 4.79 Å². The van der Waals surface area contributed by atoms with Gasteiger partial charge in [-0.05, 0) is 25.3 Å². The molecule has 0 bridgehead atoms. The molecule has 12 heavy (non-hydrogen) atoms. The molecule has 0 aromatic carbocycles. The first-order valence-corrected chi connectivity index (χ1v) is 4.23. The van der Waals surface area contributed by atoms with Crippen LogP contribution in [-0.2, 0) is 4.79 Å². The summed E-state index contributed by atoms with van der Waals surface area (Å²) in [5.74, 6) is -0.276. The van der Waals surface area contributed by atoms with Gasteiger partial charge in [-0.3, -0.25) is 4.79 Å². The monoisotopic (exact) mass is 166 g/mol. The lowest BCUT2D eigenvalue weighted by atomic mass is 9.94. The number of hydrogen-bond acceptors (Lipinski definition) is 2. The fourth-order valence-electron chi connectivity index (χ4n) is 1.35. The van der Waals surface area contributed by atoms with Gasteiger partial charge in [0.05, 0.1) is 0 Å². The minimum atomic E-state index is -0.276. The van der Waals surface area contributed by atoms with Gasteiger partial charge < -0.3 is 5.73 Å². The number of aliphatic imine (C=N–C) groups is 1. The molecule has 1 atom stereocenters. The molecule has 1 aliphatic carbocycles. The predicted molar refractivity (Wildman–Crippen MR) is 49.1 cm³/mol. The fraction of sp³-hybridized carbons (Fsp3) is 0.556. The molecule has 1 aliphatic rings. The second-order valence-corrected chi connectivity index (χ2v) is 3.00. The van der Waals surface area contributed by atoms with Crippen molar-refractivity contribution >= 4 is 11.6 Å². The van der Waals surface area contributed by atoms with Gasteiger partial charge >= 0.3 is 0 Å². The number of nitrogens with two attached hydrogens (primary N) is 1. The van der Waals surface area contributed by atoms with Gasteiger partial charge in [-0.25, -0.2) is 4.99 Å². The Morgan fingerprint density at radius 3 is 3.00 bits per heavy atom. The molecule has 66 valence electrons. The summed E-state index contributed by atoms with van der Waals surface area (Å²) < 4.78 is 0. The highest BCUT2D eigenvalue weighted by Gasteiger charge is 2.16. The van der Waals surface area contributed by atoms with E-state index in [4.69, 9.17) is 5.73 Å². The molecule has 0 heterocycles. The van der Waals surface area contributed by atoms with E-state index in [0.29, 0.717) is 0 Å². The molecule has 0 aromatic rings. The SMILES string of the molecule is C=CC(=O)/N=C1/CCCC[C@H]1N. The molecule has 0 saturated heterocycles. The molecule has 1 saturated carbocycles. The van der Waals surface area contributed by atoms with Gasteiger partial charge in [-0.1, -0.05) is 13.0 Å². The van der Waals surface area contributed by atoms with Crippen LogP contribution in [0.2, 0.25) is 0 Å². The minimum Gasteiger partial charge on any atom is -0.323 e. The van der Waals surface area contributed by atoms with E-state index in [1.54, 1.807) is 0 Å². The van der Waals surface area contributed by atoms with Crippen molar-refractivity contribution in [2.24, 2.45) is 10.7 Å². The average molecular weight is 166 g/mol. The van der Waals surface area contributed by atoms with Gasteiger partial charge in [0.1, 0.15) is 0 Å². The van der Waals surface area contributed by atoms with Crippen LogP contribution in [0.3, 0.4) is 0 Å². The number of carbonyl (C=O) groups is 1. The Labute approximate surface area is 72.4 Å². The molecule has 3 nitrogen and oxygen atoms in total. The van der Waals surface area contributed by atoms with E-state index in [-0.39, 0.29) is 11.9 Å². The molecule has 1 rings (SSSR count). The quantitative estimate of drug-likeness (QED) is 0.592. The number of hydrogen-bond donors (Lipinski definition) is 1. The highest BCUT2D eigenvalue weighted by Crippen LogP contribution is 2.14. The molecule has 0 unspecified atom stereocenters. The van der Waals surface area contributed by atoms with Crippen LogP contribution in [0.5, 0.6) is 0 Å². The maximum Gasteiger partial charge on any atom is 0.269 e. The van der Waals surface area contributed by atoms with Crippen LogP contribution in [0, 0.1) is 0 Å². The zero-order chi connectivity index (χ0) is 8.97. The first-order valence-electron chi connectivity index (χ1n) is 4.23. The lowest BCUT2D eigenvalue weighted by Crippen LogP contribution is -2.33. The average Bonchev–Trinajstić information content (AvgIpc) is 2.09. The van der Waals surface area contributed by atoms with E-state index in [0.717, 1.165) is 31.4 Å². The second-order valence-electron chi connectivity index (χ2n) is 3.00. The minimum absolute atomic E-state index is 0.0114. The Balaban J connectivity index is 2.64. The van der Waals surface area contributed by atoms with E-state index in [2.05, 4.69) is 11.6 Å². The van der Waals surface area contributed by atoms with Crippen LogP contribution in [-0.4, -0.2) is 17.7 Å². The lowest BCUT2D eigenvalue weighted by Gasteiger charge is -2.19. The van der Waals surface area contributed by atoms with E-state index < -0.39 is 0 Å². The van der Waals surface area contributed by atoms with Crippen molar-refractivity contribution in [1.29, 1.82) is 0 Å². The lowest BCUT2D eigenvalue weighted by molar-refractivity contribution is -0.113. The first kappa shape index (κ1) is 9.13. The molecule has 1 fully saturated rings. The highest BCUT2D eigenvalue weighted by molar-refractivity contribution is 6.02. The van der Waals surface area contributed by atoms with Crippen molar-refractivity contribution in [2.75, 3.05) is 0 Å². The van der Waals surface area contributed by atoms with Crippen LogP contribution in [0.25, 0.3) is 0 Å². The third-order valence-electron chi connectivity index (χ3n) is 2.05. The third kappa shape index (κ3) is 2.27. The summed E-state index contributed by atoms with van der Waals surface area (Å²) in [6.45, 7) is 3.35. The Kier molecular flexibility index (Phi) is 3.17. The Morgan fingerprint density at radius 2 is 2.42 bits per heavy atom. The summed E-state index contributed by atoms with van der Waals surface area (Å²) >= 11 is 0. The summed E-state index contributed by atoms with van der Waals surface area (Å²) in [4.78, 5) is 14.7. The molecule has 1 amide bonds. The van der Waals surface area contributed by atoms with Gasteiger partial charge in [-0.15, -0.1) is 0 Å². The van der Waals surface area contributed by atoms with E-state index in [9.17, 15) is 4.79 Å². The highest BCUT2D eigenvalue weighted by atomic mass is 16.1. The van der Waals surface area contributed by atoms with Crippen molar-refractivity contribution in [3.63, 3.8) is 0 Å². The zero-order valence-corrected chi connectivity index (χ0v) is 7.12. The molecule has 0 aliphatic heterocycles. The van der Waals surface area contributed by atoms with E-state index >= 15 is 0 Å². The van der Waals surface area contributed by atoms with Gasteiger partial charge in [-0.2, -0.15) is 0 Å². The number of amides is 1. The van der Waals surface area contributed by atoms with Crippen LogP contribution in [0.1, 0.15) is 25.7 Å². The summed E-state index contributed by atoms with van der Waals surface area (Å²) in [5, 5.41) is 0. The largest absolute Gasteiger partial charge is 0.323 e. The zero-order valence-electron chi connectivity index (χ0n) is 7.12. The number of nitrogens with zero attached hydrogens (tertiary/aromatic N) is 1. The molecule has 0 spiro atoms. The fourth-order valence-corrected chi connectivity index (χ4v) is 1.35. The topological polar surface area (TPSA) is 55.5 Å². The summed E-state index contributed by atoms with van der Waals surface area (Å²) in [5.41, 5.74) is 6.60. The smallest absolute Gasteiger partial charge is 0.269 e. The maximum absolute atomic E-state index is 10.9. The van der Waals surface area contributed by atoms with E-state index in [1.807, 2.05) is 0 Å². The molecule has 2 N–H and O–H groups in total. The summed E-state index contributed by atoms with van der Waals surface area (Å²) in [7, 11) is 0. The van der Waals surface area contributed by atoms with E-state index in [1.165, 1.54) is 6.08 Å². The van der Waals surface area contributed by atoms with Crippen LogP contribution in [0.4, 0.5) is 0 Å². The van der Waals surface area contributed by atoms with Crippen LogP contribution in [0.15, 0.2) is 17.6 Å². The van der Waals surface area contributed by atoms with Crippen molar-refractivity contribution in [3.05, 3.63) is 12.7 Å². The van der Waals surface area contributed by atoms with Crippen LogP contribution >= 0.6 is 0 Å². The third-order valence-corrected chi connectivity index (χ3v) is 2.05. The van der Waals surface area contributed by atoms with Gasteiger partial charge in [0.25, 0.3) is 5.91 Å². The first-order chi connectivity index (χ1) is 5.74. The van der Waals surface area contributed by atoms with Crippen molar-refractivity contribution in [2.45, 2.75) is 31.7 Å². The van der Waals surface area contributed by atoms with Crippen molar-refractivity contribution in [1.82, 2.24) is 0 Å².